The molecular formula is C25H27FN2O3. The number of carbonyl (C=O) groups is 2. The summed E-state index contributed by atoms with van der Waals surface area (Å²) in [6, 6.07) is 17.8. The molecule has 6 heteroatoms. The smallest absolute Gasteiger partial charge is 0.339 e. The molecule has 0 aliphatic heterocycles. The van der Waals surface area contributed by atoms with E-state index in [0.29, 0.717) is 18.7 Å². The van der Waals surface area contributed by atoms with Crippen molar-refractivity contribution >= 4 is 11.9 Å². The molecule has 0 spiro atoms. The number of carbonyl (C=O) groups excluding carboxylic acids is 2. The minimum atomic E-state index is -0.408. The van der Waals surface area contributed by atoms with E-state index in [4.69, 9.17) is 4.74 Å². The Morgan fingerprint density at radius 2 is 1.77 bits per heavy atom. The second-order valence-corrected chi connectivity index (χ2v) is 7.24. The van der Waals surface area contributed by atoms with Gasteiger partial charge in [-0.3, -0.25) is 4.79 Å². The number of nitrogens with one attached hydrogen (secondary N) is 1. The van der Waals surface area contributed by atoms with Crippen molar-refractivity contribution in [2.75, 3.05) is 13.2 Å². The average molecular weight is 423 g/mol. The Morgan fingerprint density at radius 1 is 1.06 bits per heavy atom. The summed E-state index contributed by atoms with van der Waals surface area (Å²) >= 11 is 0. The van der Waals surface area contributed by atoms with Gasteiger partial charge in [0.05, 0.1) is 12.2 Å². The largest absolute Gasteiger partial charge is 0.462 e. The summed E-state index contributed by atoms with van der Waals surface area (Å²) in [5, 5.41) is 2.94. The number of esters is 1. The van der Waals surface area contributed by atoms with Crippen LogP contribution >= 0.6 is 0 Å². The number of halogens is 1. The third kappa shape index (κ3) is 5.81. The van der Waals surface area contributed by atoms with E-state index in [1.54, 1.807) is 25.1 Å². The number of ether oxygens (including phenoxy) is 1. The van der Waals surface area contributed by atoms with Crippen LogP contribution in [0, 0.1) is 12.7 Å². The lowest BCUT2D eigenvalue weighted by molar-refractivity contribution is -0.121. The fraction of sp³-hybridized carbons (Fsp3) is 0.280. The fourth-order valence-corrected chi connectivity index (χ4v) is 3.50. The van der Waals surface area contributed by atoms with Crippen molar-refractivity contribution in [2.45, 2.75) is 33.2 Å². The Hall–Kier alpha value is -3.41. The zero-order chi connectivity index (χ0) is 22.2. The quantitative estimate of drug-likeness (QED) is 0.516. The van der Waals surface area contributed by atoms with Crippen molar-refractivity contribution in [1.29, 1.82) is 0 Å². The van der Waals surface area contributed by atoms with Crippen molar-refractivity contribution in [1.82, 2.24) is 9.88 Å². The number of hydrogen-bond acceptors (Lipinski definition) is 3. The summed E-state index contributed by atoms with van der Waals surface area (Å²) in [4.78, 5) is 24.7. The van der Waals surface area contributed by atoms with Crippen molar-refractivity contribution in [3.63, 3.8) is 0 Å². The second kappa shape index (κ2) is 10.6. The molecule has 2 aromatic carbocycles. The normalized spacial score (nSPS) is 10.7. The number of benzene rings is 2. The summed E-state index contributed by atoms with van der Waals surface area (Å²) in [7, 11) is 0. The van der Waals surface area contributed by atoms with E-state index >= 15 is 0 Å². The molecule has 0 atom stereocenters. The maximum Gasteiger partial charge on any atom is 0.339 e. The van der Waals surface area contributed by atoms with Crippen LogP contribution in [0.3, 0.4) is 0 Å². The molecular weight excluding hydrogens is 395 g/mol. The molecule has 1 heterocycles. The number of rotatable bonds is 9. The van der Waals surface area contributed by atoms with Gasteiger partial charge in [-0.1, -0.05) is 30.3 Å². The van der Waals surface area contributed by atoms with Gasteiger partial charge in [-0.2, -0.15) is 0 Å². The molecule has 0 bridgehead atoms. The highest BCUT2D eigenvalue weighted by molar-refractivity contribution is 5.92. The van der Waals surface area contributed by atoms with Crippen LogP contribution in [-0.2, 0) is 22.5 Å². The van der Waals surface area contributed by atoms with Crippen LogP contribution in [-0.4, -0.2) is 29.6 Å². The SMILES string of the molecule is CCOC(=O)c1cc(-c2ccc(F)cc2)n(CCC(=O)NCCc2ccccc2)c1C. The first-order valence-corrected chi connectivity index (χ1v) is 10.4. The Bertz CT molecular complexity index is 1030. The van der Waals surface area contributed by atoms with Gasteiger partial charge < -0.3 is 14.6 Å². The Kier molecular flexibility index (Phi) is 7.60. The highest BCUT2D eigenvalue weighted by atomic mass is 19.1. The fourth-order valence-electron chi connectivity index (χ4n) is 3.50. The first-order valence-electron chi connectivity index (χ1n) is 10.4. The van der Waals surface area contributed by atoms with E-state index in [2.05, 4.69) is 5.32 Å². The van der Waals surface area contributed by atoms with Crippen LogP contribution in [0.5, 0.6) is 0 Å². The second-order valence-electron chi connectivity index (χ2n) is 7.24. The van der Waals surface area contributed by atoms with Gasteiger partial charge in [0.1, 0.15) is 5.82 Å². The molecule has 31 heavy (non-hydrogen) atoms. The van der Waals surface area contributed by atoms with E-state index < -0.39 is 5.97 Å². The lowest BCUT2D eigenvalue weighted by Gasteiger charge is -2.12. The Balaban J connectivity index is 1.71. The molecule has 0 saturated heterocycles. The topological polar surface area (TPSA) is 60.3 Å². The molecule has 1 aromatic heterocycles. The van der Waals surface area contributed by atoms with Crippen molar-refractivity contribution in [2.24, 2.45) is 0 Å². The molecule has 1 amide bonds. The minimum Gasteiger partial charge on any atom is -0.462 e. The van der Waals surface area contributed by atoms with Crippen molar-refractivity contribution in [3.05, 3.63) is 83.3 Å². The summed E-state index contributed by atoms with van der Waals surface area (Å²) in [5.74, 6) is -0.803. The van der Waals surface area contributed by atoms with Crippen LogP contribution < -0.4 is 5.32 Å². The van der Waals surface area contributed by atoms with Crippen LogP contribution in [0.15, 0.2) is 60.7 Å². The molecule has 5 nitrogen and oxygen atoms in total. The number of aromatic nitrogens is 1. The monoisotopic (exact) mass is 422 g/mol. The van der Waals surface area contributed by atoms with Gasteiger partial charge >= 0.3 is 5.97 Å². The maximum atomic E-state index is 13.4. The highest BCUT2D eigenvalue weighted by Crippen LogP contribution is 2.27. The van der Waals surface area contributed by atoms with Gasteiger partial charge in [0.2, 0.25) is 5.91 Å². The van der Waals surface area contributed by atoms with Gasteiger partial charge in [-0.05, 0) is 61.7 Å². The third-order valence-electron chi connectivity index (χ3n) is 5.14. The summed E-state index contributed by atoms with van der Waals surface area (Å²) in [5.41, 5.74) is 3.85. The van der Waals surface area contributed by atoms with Gasteiger partial charge in [-0.25, -0.2) is 9.18 Å². The van der Waals surface area contributed by atoms with Crippen molar-refractivity contribution in [3.8, 4) is 11.3 Å². The standard InChI is InChI=1S/C25H27FN2O3/c1-3-31-25(30)22-17-23(20-9-11-21(26)12-10-20)28(18(22)2)16-14-24(29)27-15-13-19-7-5-4-6-8-19/h4-12,17H,3,13-16H2,1-2H3,(H,27,29). The zero-order valence-electron chi connectivity index (χ0n) is 17.9. The molecule has 0 fully saturated rings. The van der Waals surface area contributed by atoms with Crippen LogP contribution in [0.2, 0.25) is 0 Å². The van der Waals surface area contributed by atoms with Gasteiger partial charge in [0, 0.05) is 30.9 Å². The van der Waals surface area contributed by atoms with E-state index in [9.17, 15) is 14.0 Å². The molecule has 3 aromatic rings. The number of nitrogens with zero attached hydrogens (tertiary/aromatic N) is 1. The Morgan fingerprint density at radius 3 is 2.45 bits per heavy atom. The molecule has 0 unspecified atom stereocenters. The predicted molar refractivity (Wildman–Crippen MR) is 118 cm³/mol. The first-order chi connectivity index (χ1) is 15.0. The zero-order valence-corrected chi connectivity index (χ0v) is 17.9. The molecule has 0 radical (unpaired) electrons. The number of hydrogen-bond donors (Lipinski definition) is 1. The third-order valence-corrected chi connectivity index (χ3v) is 5.14. The van der Waals surface area contributed by atoms with Crippen molar-refractivity contribution < 1.29 is 18.7 Å². The lowest BCUT2D eigenvalue weighted by atomic mass is 10.1. The van der Waals surface area contributed by atoms with Gasteiger partial charge in [0.25, 0.3) is 0 Å². The van der Waals surface area contributed by atoms with E-state index in [-0.39, 0.29) is 24.8 Å². The van der Waals surface area contributed by atoms with Crippen LogP contribution in [0.1, 0.15) is 35.0 Å². The molecule has 1 N–H and O–H groups in total. The minimum absolute atomic E-state index is 0.0632. The van der Waals surface area contributed by atoms with E-state index in [1.807, 2.05) is 41.8 Å². The summed E-state index contributed by atoms with van der Waals surface area (Å²) < 4.78 is 20.5. The van der Waals surface area contributed by atoms with Crippen LogP contribution in [0.4, 0.5) is 4.39 Å². The van der Waals surface area contributed by atoms with Crippen LogP contribution in [0.25, 0.3) is 11.3 Å². The molecule has 0 aliphatic rings. The maximum absolute atomic E-state index is 13.4. The Labute approximate surface area is 181 Å². The average Bonchev–Trinajstić information content (AvgIpc) is 3.10. The molecule has 162 valence electrons. The predicted octanol–water partition coefficient (Wildman–Crippen LogP) is 4.53. The molecule has 0 aliphatic carbocycles. The summed E-state index contributed by atoms with van der Waals surface area (Å²) in [6.45, 7) is 4.82. The lowest BCUT2D eigenvalue weighted by Crippen LogP contribution is -2.26. The molecule has 3 rings (SSSR count). The van der Waals surface area contributed by atoms with E-state index in [0.717, 1.165) is 23.4 Å². The van der Waals surface area contributed by atoms with Gasteiger partial charge in [0.15, 0.2) is 0 Å². The number of amides is 1. The summed E-state index contributed by atoms with van der Waals surface area (Å²) in [6.07, 6.45) is 1.03. The first kappa shape index (κ1) is 22.3. The molecule has 0 saturated carbocycles. The van der Waals surface area contributed by atoms with Gasteiger partial charge in [-0.15, -0.1) is 0 Å². The highest BCUT2D eigenvalue weighted by Gasteiger charge is 2.20. The van der Waals surface area contributed by atoms with E-state index in [1.165, 1.54) is 17.7 Å².